The van der Waals surface area contributed by atoms with Crippen molar-refractivity contribution in [2.45, 2.75) is 32.6 Å². The standard InChI is InChI=1S/C21H20N2O3S/c1-13-9-10-18(21-15(3)16(4)22-26-21)12-20(13)27(24,25)23-14(2)11-17-7-5-6-8-19(17)23/h5-12H,1-4H3. The Morgan fingerprint density at radius 1 is 0.963 bits per heavy atom. The number of nitrogens with zero attached hydrogens (tertiary/aromatic N) is 2. The van der Waals surface area contributed by atoms with E-state index in [2.05, 4.69) is 5.16 Å². The fourth-order valence-electron chi connectivity index (χ4n) is 3.39. The minimum atomic E-state index is -3.77. The third kappa shape index (κ3) is 2.68. The molecule has 5 nitrogen and oxygen atoms in total. The van der Waals surface area contributed by atoms with Crippen molar-refractivity contribution in [2.75, 3.05) is 0 Å². The van der Waals surface area contributed by atoms with Gasteiger partial charge in [-0.3, -0.25) is 0 Å². The van der Waals surface area contributed by atoms with Crippen LogP contribution in [0.4, 0.5) is 0 Å². The summed E-state index contributed by atoms with van der Waals surface area (Å²) in [5.41, 5.74) is 4.43. The van der Waals surface area contributed by atoms with Crippen molar-refractivity contribution in [1.29, 1.82) is 0 Å². The molecule has 2 aromatic heterocycles. The Hall–Kier alpha value is -2.86. The van der Waals surface area contributed by atoms with Gasteiger partial charge in [0.05, 0.1) is 16.1 Å². The van der Waals surface area contributed by atoms with Gasteiger partial charge in [0.25, 0.3) is 10.0 Å². The molecule has 4 aromatic rings. The van der Waals surface area contributed by atoms with E-state index in [1.807, 2.05) is 50.2 Å². The van der Waals surface area contributed by atoms with Crippen LogP contribution in [0.15, 0.2) is 57.9 Å². The predicted octanol–water partition coefficient (Wildman–Crippen LogP) is 4.77. The number of aryl methyl sites for hydroxylation is 3. The minimum Gasteiger partial charge on any atom is -0.356 e. The first kappa shape index (κ1) is 17.5. The summed E-state index contributed by atoms with van der Waals surface area (Å²) in [6.45, 7) is 7.39. The zero-order valence-electron chi connectivity index (χ0n) is 15.6. The zero-order valence-corrected chi connectivity index (χ0v) is 16.5. The van der Waals surface area contributed by atoms with E-state index in [-0.39, 0.29) is 4.90 Å². The van der Waals surface area contributed by atoms with E-state index in [0.29, 0.717) is 28.1 Å². The normalized spacial score (nSPS) is 12.0. The van der Waals surface area contributed by atoms with E-state index >= 15 is 0 Å². The highest BCUT2D eigenvalue weighted by Gasteiger charge is 2.24. The Kier molecular flexibility index (Phi) is 3.96. The fourth-order valence-corrected chi connectivity index (χ4v) is 5.19. The number of benzene rings is 2. The highest BCUT2D eigenvalue weighted by atomic mass is 32.2. The molecule has 2 aromatic carbocycles. The molecule has 0 bridgehead atoms. The second-order valence-corrected chi connectivity index (χ2v) is 8.57. The van der Waals surface area contributed by atoms with Crippen LogP contribution in [-0.4, -0.2) is 17.5 Å². The lowest BCUT2D eigenvalue weighted by atomic mass is 10.1. The van der Waals surface area contributed by atoms with Gasteiger partial charge < -0.3 is 4.52 Å². The molecule has 0 amide bonds. The summed E-state index contributed by atoms with van der Waals surface area (Å²) in [4.78, 5) is 0.262. The van der Waals surface area contributed by atoms with Gasteiger partial charge in [-0.2, -0.15) is 0 Å². The molecule has 0 aliphatic rings. The molecule has 0 spiro atoms. The first-order valence-corrected chi connectivity index (χ1v) is 10.1. The monoisotopic (exact) mass is 380 g/mol. The molecule has 0 saturated heterocycles. The largest absolute Gasteiger partial charge is 0.356 e. The number of rotatable bonds is 3. The summed E-state index contributed by atoms with van der Waals surface area (Å²) in [7, 11) is -3.77. The molecule has 27 heavy (non-hydrogen) atoms. The van der Waals surface area contributed by atoms with Gasteiger partial charge in [0.15, 0.2) is 5.76 Å². The molecule has 0 radical (unpaired) electrons. The Morgan fingerprint density at radius 3 is 2.41 bits per heavy atom. The lowest BCUT2D eigenvalue weighted by Crippen LogP contribution is -2.15. The van der Waals surface area contributed by atoms with E-state index in [0.717, 1.165) is 16.6 Å². The molecule has 2 heterocycles. The van der Waals surface area contributed by atoms with E-state index in [1.165, 1.54) is 3.97 Å². The lowest BCUT2D eigenvalue weighted by Gasteiger charge is -2.13. The maximum atomic E-state index is 13.5. The maximum Gasteiger partial charge on any atom is 0.268 e. The van der Waals surface area contributed by atoms with Gasteiger partial charge in [0.1, 0.15) is 0 Å². The van der Waals surface area contributed by atoms with Crippen LogP contribution in [0.1, 0.15) is 22.5 Å². The summed E-state index contributed by atoms with van der Waals surface area (Å²) in [6.07, 6.45) is 0. The summed E-state index contributed by atoms with van der Waals surface area (Å²) >= 11 is 0. The number of aromatic nitrogens is 2. The number of para-hydroxylation sites is 1. The molecular formula is C21H20N2O3S. The molecule has 0 N–H and O–H groups in total. The van der Waals surface area contributed by atoms with E-state index in [9.17, 15) is 8.42 Å². The minimum absolute atomic E-state index is 0.262. The van der Waals surface area contributed by atoms with Gasteiger partial charge in [0.2, 0.25) is 0 Å². The molecule has 138 valence electrons. The van der Waals surface area contributed by atoms with Crippen molar-refractivity contribution < 1.29 is 12.9 Å². The van der Waals surface area contributed by atoms with Gasteiger partial charge in [0, 0.05) is 22.2 Å². The van der Waals surface area contributed by atoms with Crippen molar-refractivity contribution in [3.63, 3.8) is 0 Å². The predicted molar refractivity (Wildman–Crippen MR) is 105 cm³/mol. The topological polar surface area (TPSA) is 65.1 Å². The average Bonchev–Trinajstić information content (AvgIpc) is 3.14. The fraction of sp³-hybridized carbons (Fsp3) is 0.190. The molecule has 0 aliphatic heterocycles. The van der Waals surface area contributed by atoms with Crippen molar-refractivity contribution in [3.8, 4) is 11.3 Å². The quantitative estimate of drug-likeness (QED) is 0.514. The summed E-state index contributed by atoms with van der Waals surface area (Å²) < 4.78 is 33.9. The van der Waals surface area contributed by atoms with Crippen LogP contribution in [0, 0.1) is 27.7 Å². The van der Waals surface area contributed by atoms with E-state index in [4.69, 9.17) is 4.52 Å². The Morgan fingerprint density at radius 2 is 1.70 bits per heavy atom. The second-order valence-electron chi connectivity index (χ2n) is 6.82. The van der Waals surface area contributed by atoms with Gasteiger partial charge >= 0.3 is 0 Å². The first-order valence-electron chi connectivity index (χ1n) is 8.67. The molecule has 4 rings (SSSR count). The summed E-state index contributed by atoms with van der Waals surface area (Å²) in [5, 5.41) is 4.88. The Balaban J connectivity index is 1.96. The van der Waals surface area contributed by atoms with Crippen LogP contribution in [0.5, 0.6) is 0 Å². The summed E-state index contributed by atoms with van der Waals surface area (Å²) in [6, 6.07) is 14.7. The Bertz CT molecular complexity index is 1280. The van der Waals surface area contributed by atoms with E-state index < -0.39 is 10.0 Å². The zero-order chi connectivity index (χ0) is 19.3. The first-order chi connectivity index (χ1) is 12.8. The molecule has 0 unspecified atom stereocenters. The summed E-state index contributed by atoms with van der Waals surface area (Å²) in [5.74, 6) is 0.595. The molecule has 6 heteroatoms. The number of fused-ring (bicyclic) bond motifs is 1. The lowest BCUT2D eigenvalue weighted by molar-refractivity contribution is 0.426. The van der Waals surface area contributed by atoms with Crippen LogP contribution in [0.25, 0.3) is 22.2 Å². The van der Waals surface area contributed by atoms with Crippen molar-refractivity contribution in [3.05, 3.63) is 71.0 Å². The third-order valence-corrected chi connectivity index (χ3v) is 6.93. The van der Waals surface area contributed by atoms with Crippen molar-refractivity contribution >= 4 is 20.9 Å². The van der Waals surface area contributed by atoms with Gasteiger partial charge in [-0.1, -0.05) is 35.5 Å². The highest BCUT2D eigenvalue weighted by Crippen LogP contribution is 2.32. The van der Waals surface area contributed by atoms with E-state index in [1.54, 1.807) is 26.0 Å². The number of hydrogen-bond donors (Lipinski definition) is 0. The van der Waals surface area contributed by atoms with Gasteiger partial charge in [-0.25, -0.2) is 12.4 Å². The van der Waals surface area contributed by atoms with Gasteiger partial charge in [-0.15, -0.1) is 0 Å². The van der Waals surface area contributed by atoms with Crippen molar-refractivity contribution in [2.24, 2.45) is 0 Å². The number of hydrogen-bond acceptors (Lipinski definition) is 4. The van der Waals surface area contributed by atoms with Crippen LogP contribution < -0.4 is 0 Å². The molecule has 0 atom stereocenters. The van der Waals surface area contributed by atoms with Crippen LogP contribution in [-0.2, 0) is 10.0 Å². The average molecular weight is 380 g/mol. The molecule has 0 saturated carbocycles. The molecule has 0 fully saturated rings. The van der Waals surface area contributed by atoms with Crippen LogP contribution >= 0.6 is 0 Å². The smallest absolute Gasteiger partial charge is 0.268 e. The van der Waals surface area contributed by atoms with Crippen LogP contribution in [0.3, 0.4) is 0 Å². The SMILES string of the molecule is Cc1ccc(-c2onc(C)c2C)cc1S(=O)(=O)n1c(C)cc2ccccc21. The second kappa shape index (κ2) is 6.09. The van der Waals surface area contributed by atoms with Crippen LogP contribution in [0.2, 0.25) is 0 Å². The van der Waals surface area contributed by atoms with Crippen molar-refractivity contribution in [1.82, 2.24) is 9.13 Å². The molecular weight excluding hydrogens is 360 g/mol. The molecule has 0 aliphatic carbocycles. The highest BCUT2D eigenvalue weighted by molar-refractivity contribution is 7.90. The maximum absolute atomic E-state index is 13.5. The third-order valence-electron chi connectivity index (χ3n) is 4.97. The Labute approximate surface area is 158 Å². The van der Waals surface area contributed by atoms with Gasteiger partial charge in [-0.05, 0) is 51.5 Å².